The lowest BCUT2D eigenvalue weighted by atomic mass is 10.0. The van der Waals surface area contributed by atoms with E-state index in [0.717, 1.165) is 12.1 Å². The Balaban J connectivity index is 1.58. The summed E-state index contributed by atoms with van der Waals surface area (Å²) >= 11 is 0. The number of fused-ring (bicyclic) bond motifs is 1. The summed E-state index contributed by atoms with van der Waals surface area (Å²) in [5.41, 5.74) is 7.03. The van der Waals surface area contributed by atoms with Gasteiger partial charge in [0.05, 0.1) is 23.8 Å². The summed E-state index contributed by atoms with van der Waals surface area (Å²) in [4.78, 5) is 32.1. The highest BCUT2D eigenvalue weighted by Crippen LogP contribution is 2.40. The Bertz CT molecular complexity index is 1980. The molecular formula is C33H33F4N5O6S. The number of anilines is 3. The van der Waals surface area contributed by atoms with E-state index in [1.54, 1.807) is 24.3 Å². The molecule has 5 rings (SSSR count). The summed E-state index contributed by atoms with van der Waals surface area (Å²) in [5, 5.41) is 6.97. The highest BCUT2D eigenvalue weighted by molar-refractivity contribution is 7.91. The van der Waals surface area contributed by atoms with Crippen LogP contribution in [0, 0.1) is 0 Å². The minimum atomic E-state index is -4.79. The van der Waals surface area contributed by atoms with Crippen molar-refractivity contribution in [3.05, 3.63) is 84.1 Å². The number of nitrogens with one attached hydrogen (secondary N) is 2. The molecular weight excluding hydrogens is 670 g/mol. The molecule has 1 saturated heterocycles. The van der Waals surface area contributed by atoms with E-state index >= 15 is 0 Å². The van der Waals surface area contributed by atoms with Crippen LogP contribution in [0.1, 0.15) is 43.0 Å². The number of rotatable bonds is 11. The van der Waals surface area contributed by atoms with Crippen molar-refractivity contribution in [2.45, 2.75) is 49.3 Å². The van der Waals surface area contributed by atoms with E-state index in [1.807, 2.05) is 0 Å². The number of sulfone groups is 1. The number of nitrogens with two attached hydrogens (primary N) is 1. The highest BCUT2D eigenvalue weighted by Gasteiger charge is 2.44. The number of carbonyl (C=O) groups is 2. The van der Waals surface area contributed by atoms with E-state index in [1.165, 1.54) is 55.5 Å². The van der Waals surface area contributed by atoms with E-state index in [2.05, 4.69) is 25.1 Å². The molecule has 3 aromatic carbocycles. The second kappa shape index (κ2) is 14.2. The number of nitrogens with zero attached hydrogens (tertiary/aromatic N) is 2. The number of methoxy groups -OCH3 is 1. The maximum absolute atomic E-state index is 14.6. The maximum Gasteiger partial charge on any atom is 0.461 e. The van der Waals surface area contributed by atoms with E-state index in [9.17, 15) is 35.6 Å². The van der Waals surface area contributed by atoms with Gasteiger partial charge >= 0.3 is 18.6 Å². The third kappa shape index (κ3) is 7.63. The zero-order valence-corrected chi connectivity index (χ0v) is 27.1. The molecule has 0 bridgehead atoms. The Morgan fingerprint density at radius 3 is 2.55 bits per heavy atom. The number of likely N-dealkylation sites (tertiary alicyclic amines) is 1. The average molecular weight is 704 g/mol. The maximum atomic E-state index is 14.6. The summed E-state index contributed by atoms with van der Waals surface area (Å²) in [5.74, 6) is -1.12. The number of alkyl halides is 4. The Kier molecular flexibility index (Phi) is 10.2. The van der Waals surface area contributed by atoms with Crippen molar-refractivity contribution in [2.75, 3.05) is 35.8 Å². The van der Waals surface area contributed by atoms with Crippen molar-refractivity contribution in [3.8, 4) is 5.75 Å². The quantitative estimate of drug-likeness (QED) is 0.148. The minimum Gasteiger partial charge on any atom is -0.453 e. The van der Waals surface area contributed by atoms with Crippen LogP contribution in [-0.4, -0.2) is 62.2 Å². The summed E-state index contributed by atoms with van der Waals surface area (Å²) in [6.07, 6.45) is -7.33. The topological polar surface area (TPSA) is 153 Å². The molecule has 2 amide bonds. The van der Waals surface area contributed by atoms with Gasteiger partial charge in [-0.15, -0.1) is 0 Å². The standard InChI is InChI=1S/C33H33F4N5O6S/c1-3-49(45,46)27-12-10-22(41-32(44)47-2)18-25(27)26-8-5-15-42(26)30(43)28(20-6-4-7-23(17-20)48-33(36,37)31(34)35)40-21-9-11-24-19(16-21)13-14-39-29(24)38/h4,6-7,9-14,16-18,26,28,31,40H,3,5,8,15H2,1-2H3,(H2,38,39)(H,41,44)/t26-,28-/m1/s1. The predicted molar refractivity (Wildman–Crippen MR) is 174 cm³/mol. The van der Waals surface area contributed by atoms with Crippen LogP contribution in [0.25, 0.3) is 10.8 Å². The molecule has 1 fully saturated rings. The van der Waals surface area contributed by atoms with Crippen molar-refractivity contribution >= 4 is 49.8 Å². The van der Waals surface area contributed by atoms with Crippen LogP contribution >= 0.6 is 0 Å². The van der Waals surface area contributed by atoms with Gasteiger partial charge in [0.25, 0.3) is 0 Å². The molecule has 49 heavy (non-hydrogen) atoms. The number of amides is 2. The van der Waals surface area contributed by atoms with Gasteiger partial charge in [-0.05, 0) is 84.0 Å². The van der Waals surface area contributed by atoms with Crippen molar-refractivity contribution in [3.63, 3.8) is 0 Å². The van der Waals surface area contributed by atoms with Gasteiger partial charge in [0, 0.05) is 29.5 Å². The molecule has 0 aliphatic carbocycles. The van der Waals surface area contributed by atoms with Crippen LogP contribution in [0.2, 0.25) is 0 Å². The van der Waals surface area contributed by atoms with Crippen LogP contribution in [-0.2, 0) is 19.4 Å². The van der Waals surface area contributed by atoms with E-state index < -0.39 is 52.2 Å². The molecule has 4 aromatic rings. The number of hydrogen-bond acceptors (Lipinski definition) is 9. The average Bonchev–Trinajstić information content (AvgIpc) is 3.57. The van der Waals surface area contributed by atoms with E-state index in [0.29, 0.717) is 29.3 Å². The van der Waals surface area contributed by atoms with Gasteiger partial charge in [0.15, 0.2) is 9.84 Å². The molecule has 1 aliphatic heterocycles. The molecule has 0 saturated carbocycles. The van der Waals surface area contributed by atoms with Crippen molar-refractivity contribution in [2.24, 2.45) is 0 Å². The van der Waals surface area contributed by atoms with Crippen LogP contribution in [0.3, 0.4) is 0 Å². The fraction of sp³-hybridized carbons (Fsp3) is 0.303. The highest BCUT2D eigenvalue weighted by atomic mass is 32.2. The Labute approximate surface area is 279 Å². The molecule has 0 spiro atoms. The van der Waals surface area contributed by atoms with Gasteiger partial charge < -0.3 is 25.4 Å². The fourth-order valence-corrected chi connectivity index (χ4v) is 6.86. The Morgan fingerprint density at radius 1 is 1.08 bits per heavy atom. The number of aromatic nitrogens is 1. The Morgan fingerprint density at radius 2 is 1.84 bits per heavy atom. The number of nitrogen functional groups attached to an aromatic ring is 1. The van der Waals surface area contributed by atoms with Crippen molar-refractivity contribution < 1.29 is 45.0 Å². The SMILES string of the molecule is CCS(=O)(=O)c1ccc(NC(=O)OC)cc1[C@H]1CCCN1C(=O)[C@H](Nc1ccc2c(N)nccc2c1)c1cccc(OC(F)(F)C(F)F)c1. The van der Waals surface area contributed by atoms with Crippen LogP contribution in [0.4, 0.5) is 39.5 Å². The number of carbonyl (C=O) groups excluding carboxylic acids is 2. The van der Waals surface area contributed by atoms with Gasteiger partial charge in [-0.25, -0.2) is 18.2 Å². The van der Waals surface area contributed by atoms with Gasteiger partial charge in [-0.3, -0.25) is 10.1 Å². The number of hydrogen-bond donors (Lipinski definition) is 3. The second-order valence-corrected chi connectivity index (χ2v) is 13.5. The van der Waals surface area contributed by atoms with Gasteiger partial charge in [0.2, 0.25) is 5.91 Å². The zero-order valence-electron chi connectivity index (χ0n) is 26.3. The smallest absolute Gasteiger partial charge is 0.453 e. The fourth-order valence-electron chi connectivity index (χ4n) is 5.72. The number of halogens is 4. The monoisotopic (exact) mass is 703 g/mol. The predicted octanol–water partition coefficient (Wildman–Crippen LogP) is 6.54. The number of benzene rings is 3. The molecule has 1 aliphatic rings. The van der Waals surface area contributed by atoms with Gasteiger partial charge in [-0.1, -0.05) is 19.1 Å². The first kappa shape index (κ1) is 35.2. The van der Waals surface area contributed by atoms with Crippen LogP contribution in [0.5, 0.6) is 5.75 Å². The molecule has 16 heteroatoms. The first-order chi connectivity index (χ1) is 23.2. The molecule has 1 aromatic heterocycles. The molecule has 4 N–H and O–H groups in total. The summed E-state index contributed by atoms with van der Waals surface area (Å²) in [6, 6.07) is 13.8. The normalized spacial score (nSPS) is 15.7. The van der Waals surface area contributed by atoms with Gasteiger partial charge in [0.1, 0.15) is 17.6 Å². The number of pyridine rings is 1. The lowest BCUT2D eigenvalue weighted by Crippen LogP contribution is -2.38. The lowest BCUT2D eigenvalue weighted by molar-refractivity contribution is -0.253. The Hall–Kier alpha value is -5.12. The first-order valence-corrected chi connectivity index (χ1v) is 16.8. The molecule has 260 valence electrons. The van der Waals surface area contributed by atoms with E-state index in [4.69, 9.17) is 5.73 Å². The van der Waals surface area contributed by atoms with Gasteiger partial charge in [-0.2, -0.15) is 17.6 Å². The summed E-state index contributed by atoms with van der Waals surface area (Å²) < 4.78 is 89.1. The largest absolute Gasteiger partial charge is 0.461 e. The lowest BCUT2D eigenvalue weighted by Gasteiger charge is -2.31. The molecule has 2 atom stereocenters. The third-order valence-electron chi connectivity index (χ3n) is 8.10. The summed E-state index contributed by atoms with van der Waals surface area (Å²) in [6.45, 7) is 1.68. The minimum absolute atomic E-state index is 0.0232. The van der Waals surface area contributed by atoms with Crippen molar-refractivity contribution in [1.82, 2.24) is 9.88 Å². The molecule has 0 radical (unpaired) electrons. The number of ether oxygens (including phenoxy) is 2. The molecule has 0 unspecified atom stereocenters. The third-order valence-corrected chi connectivity index (χ3v) is 9.91. The van der Waals surface area contributed by atoms with E-state index in [-0.39, 0.29) is 39.8 Å². The van der Waals surface area contributed by atoms with Crippen molar-refractivity contribution in [1.29, 1.82) is 0 Å². The summed E-state index contributed by atoms with van der Waals surface area (Å²) in [7, 11) is -2.63. The van der Waals surface area contributed by atoms with Crippen LogP contribution in [0.15, 0.2) is 77.8 Å². The molecule has 11 nitrogen and oxygen atoms in total. The first-order valence-electron chi connectivity index (χ1n) is 15.1. The zero-order chi connectivity index (χ0) is 35.5. The second-order valence-electron chi connectivity index (χ2n) is 11.2. The van der Waals surface area contributed by atoms with Crippen LogP contribution < -0.4 is 21.1 Å². The molecule has 2 heterocycles.